The van der Waals surface area contributed by atoms with Crippen molar-refractivity contribution in [2.75, 3.05) is 38.2 Å². The molecule has 1 fully saturated rings. The summed E-state index contributed by atoms with van der Waals surface area (Å²) in [6, 6.07) is 10.9. The first-order chi connectivity index (χ1) is 14.7. The van der Waals surface area contributed by atoms with Crippen molar-refractivity contribution >= 4 is 22.9 Å². The smallest absolute Gasteiger partial charge is 0.289 e. The average Bonchev–Trinajstić information content (AvgIpc) is 3.49. The third-order valence-corrected chi connectivity index (χ3v) is 5.13. The summed E-state index contributed by atoms with van der Waals surface area (Å²) in [5.74, 6) is 1.73. The van der Waals surface area contributed by atoms with Crippen molar-refractivity contribution in [2.24, 2.45) is 0 Å². The van der Waals surface area contributed by atoms with Gasteiger partial charge in [0.25, 0.3) is 5.91 Å². The molecule has 30 heavy (non-hydrogen) atoms. The minimum atomic E-state index is -0.0991. The van der Waals surface area contributed by atoms with E-state index < -0.39 is 0 Å². The number of anilines is 1. The van der Waals surface area contributed by atoms with E-state index in [1.165, 1.54) is 12.6 Å². The Labute approximate surface area is 171 Å². The molecule has 3 aromatic heterocycles. The first-order valence-corrected chi connectivity index (χ1v) is 9.53. The Balaban J connectivity index is 1.38. The maximum absolute atomic E-state index is 12.5. The maximum atomic E-state index is 12.5. The van der Waals surface area contributed by atoms with Gasteiger partial charge >= 0.3 is 0 Å². The third-order valence-electron chi connectivity index (χ3n) is 5.13. The molecule has 4 heterocycles. The summed E-state index contributed by atoms with van der Waals surface area (Å²) >= 11 is 0. The van der Waals surface area contributed by atoms with Gasteiger partial charge in [-0.25, -0.2) is 9.97 Å². The molecule has 0 radical (unpaired) electrons. The highest BCUT2D eigenvalue weighted by molar-refractivity contribution is 5.91. The van der Waals surface area contributed by atoms with E-state index in [1.54, 1.807) is 28.8 Å². The molecule has 1 aliphatic heterocycles. The molecule has 0 saturated carbocycles. The van der Waals surface area contributed by atoms with E-state index in [9.17, 15) is 4.79 Å². The number of furan rings is 1. The zero-order valence-corrected chi connectivity index (χ0v) is 16.3. The molecule has 1 saturated heterocycles. The number of fused-ring (bicyclic) bond motifs is 1. The zero-order chi connectivity index (χ0) is 20.5. The van der Waals surface area contributed by atoms with Crippen LogP contribution in [0, 0.1) is 0 Å². The summed E-state index contributed by atoms with van der Waals surface area (Å²) in [6.07, 6.45) is 3.02. The minimum Gasteiger partial charge on any atom is -0.497 e. The van der Waals surface area contributed by atoms with Gasteiger partial charge in [-0.15, -0.1) is 5.10 Å². The van der Waals surface area contributed by atoms with E-state index in [4.69, 9.17) is 9.15 Å². The molecule has 10 nitrogen and oxygen atoms in total. The summed E-state index contributed by atoms with van der Waals surface area (Å²) in [7, 11) is 1.63. The Bertz CT molecular complexity index is 1160. The largest absolute Gasteiger partial charge is 0.497 e. The van der Waals surface area contributed by atoms with Crippen LogP contribution < -0.4 is 9.64 Å². The van der Waals surface area contributed by atoms with E-state index in [0.29, 0.717) is 48.9 Å². The Kier molecular flexibility index (Phi) is 4.51. The number of nitrogens with zero attached hydrogens (tertiary/aromatic N) is 7. The summed E-state index contributed by atoms with van der Waals surface area (Å²) < 4.78 is 12.1. The number of hydrogen-bond donors (Lipinski definition) is 0. The van der Waals surface area contributed by atoms with Crippen LogP contribution in [-0.4, -0.2) is 69.1 Å². The van der Waals surface area contributed by atoms with Gasteiger partial charge in [-0.1, -0.05) is 5.21 Å². The first-order valence-electron chi connectivity index (χ1n) is 9.53. The fourth-order valence-electron chi connectivity index (χ4n) is 3.54. The van der Waals surface area contributed by atoms with E-state index in [2.05, 4.69) is 25.2 Å². The maximum Gasteiger partial charge on any atom is 0.289 e. The van der Waals surface area contributed by atoms with Gasteiger partial charge in [-0.3, -0.25) is 4.79 Å². The van der Waals surface area contributed by atoms with Gasteiger partial charge in [-0.05, 0) is 36.4 Å². The van der Waals surface area contributed by atoms with Crippen molar-refractivity contribution in [3.05, 3.63) is 54.7 Å². The van der Waals surface area contributed by atoms with Crippen LogP contribution in [0.4, 0.5) is 5.82 Å². The molecule has 0 atom stereocenters. The lowest BCUT2D eigenvalue weighted by molar-refractivity contribution is 0.0714. The number of methoxy groups -OCH3 is 1. The molecule has 0 N–H and O–H groups in total. The number of carbonyl (C=O) groups is 1. The second-order valence-corrected chi connectivity index (χ2v) is 6.83. The number of amides is 1. The van der Waals surface area contributed by atoms with Crippen LogP contribution in [0.5, 0.6) is 5.75 Å². The molecule has 1 aromatic carbocycles. The standard InChI is InChI=1S/C20H19N7O3/c1-29-15-6-4-14(5-7-15)27-19-17(23-24-27)18(21-13-22-19)25-8-10-26(11-9-25)20(28)16-3-2-12-30-16/h2-7,12-13H,8-11H2,1H3. The minimum absolute atomic E-state index is 0.0991. The molecule has 0 spiro atoms. The quantitative estimate of drug-likeness (QED) is 0.506. The molecule has 10 heteroatoms. The highest BCUT2D eigenvalue weighted by Crippen LogP contribution is 2.24. The van der Waals surface area contributed by atoms with Gasteiger partial charge in [0.15, 0.2) is 22.7 Å². The summed E-state index contributed by atoms with van der Waals surface area (Å²) in [6.45, 7) is 2.40. The molecule has 152 valence electrons. The Morgan fingerprint density at radius 2 is 1.87 bits per heavy atom. The zero-order valence-electron chi connectivity index (χ0n) is 16.3. The second-order valence-electron chi connectivity index (χ2n) is 6.83. The molecule has 0 unspecified atom stereocenters. The van der Waals surface area contributed by atoms with E-state index >= 15 is 0 Å². The number of carbonyl (C=O) groups excluding carboxylic acids is 1. The molecule has 1 aliphatic rings. The van der Waals surface area contributed by atoms with Crippen LogP contribution in [0.2, 0.25) is 0 Å². The summed E-state index contributed by atoms with van der Waals surface area (Å²) in [5, 5.41) is 8.60. The SMILES string of the molecule is COc1ccc(-n2nnc3c(N4CCN(C(=O)c5ccco5)CC4)ncnc32)cc1. The number of hydrogen-bond acceptors (Lipinski definition) is 8. The molecule has 4 aromatic rings. The highest BCUT2D eigenvalue weighted by atomic mass is 16.5. The normalized spacial score (nSPS) is 14.3. The molecule has 5 rings (SSSR count). The van der Waals surface area contributed by atoms with Gasteiger partial charge < -0.3 is 19.0 Å². The summed E-state index contributed by atoms with van der Waals surface area (Å²) in [4.78, 5) is 25.2. The van der Waals surface area contributed by atoms with Crippen LogP contribution in [-0.2, 0) is 0 Å². The lowest BCUT2D eigenvalue weighted by Crippen LogP contribution is -2.49. The van der Waals surface area contributed by atoms with Crippen molar-refractivity contribution in [3.63, 3.8) is 0 Å². The van der Waals surface area contributed by atoms with Gasteiger partial charge in [0.1, 0.15) is 12.1 Å². The topological polar surface area (TPSA) is 102 Å². The molecular formula is C20H19N7O3. The molecule has 0 bridgehead atoms. The van der Waals surface area contributed by atoms with Gasteiger partial charge in [0.05, 0.1) is 19.1 Å². The molecule has 0 aliphatic carbocycles. The summed E-state index contributed by atoms with van der Waals surface area (Å²) in [5.41, 5.74) is 2.08. The first kappa shape index (κ1) is 18.1. The van der Waals surface area contributed by atoms with Gasteiger partial charge in [0.2, 0.25) is 0 Å². The Morgan fingerprint density at radius 3 is 2.57 bits per heavy atom. The lowest BCUT2D eigenvalue weighted by Gasteiger charge is -2.34. The van der Waals surface area contributed by atoms with Crippen LogP contribution >= 0.6 is 0 Å². The Hall–Kier alpha value is -3.95. The predicted molar refractivity (Wildman–Crippen MR) is 108 cm³/mol. The van der Waals surface area contributed by atoms with Crippen molar-refractivity contribution in [1.29, 1.82) is 0 Å². The predicted octanol–water partition coefficient (Wildman–Crippen LogP) is 1.77. The third kappa shape index (κ3) is 3.11. The number of benzene rings is 1. The van der Waals surface area contributed by atoms with Crippen molar-refractivity contribution in [1.82, 2.24) is 29.9 Å². The average molecular weight is 405 g/mol. The number of aromatic nitrogens is 5. The van der Waals surface area contributed by atoms with E-state index in [0.717, 1.165) is 11.4 Å². The van der Waals surface area contributed by atoms with Gasteiger partial charge in [0, 0.05) is 26.2 Å². The fourth-order valence-corrected chi connectivity index (χ4v) is 3.54. The van der Waals surface area contributed by atoms with Crippen LogP contribution in [0.15, 0.2) is 53.4 Å². The monoisotopic (exact) mass is 405 g/mol. The highest BCUT2D eigenvalue weighted by Gasteiger charge is 2.26. The van der Waals surface area contributed by atoms with Crippen molar-refractivity contribution in [3.8, 4) is 11.4 Å². The van der Waals surface area contributed by atoms with Crippen LogP contribution in [0.25, 0.3) is 16.9 Å². The second kappa shape index (κ2) is 7.47. The molecular weight excluding hydrogens is 386 g/mol. The molecule has 1 amide bonds. The Morgan fingerprint density at radius 1 is 1.07 bits per heavy atom. The fraction of sp³-hybridized carbons (Fsp3) is 0.250. The van der Waals surface area contributed by atoms with Gasteiger partial charge in [-0.2, -0.15) is 4.68 Å². The van der Waals surface area contributed by atoms with E-state index in [-0.39, 0.29) is 5.91 Å². The number of ether oxygens (including phenoxy) is 1. The van der Waals surface area contributed by atoms with E-state index in [1.807, 2.05) is 24.3 Å². The van der Waals surface area contributed by atoms with Crippen molar-refractivity contribution < 1.29 is 13.9 Å². The van der Waals surface area contributed by atoms with Crippen LogP contribution in [0.3, 0.4) is 0 Å². The van der Waals surface area contributed by atoms with Crippen molar-refractivity contribution in [2.45, 2.75) is 0 Å². The van der Waals surface area contributed by atoms with Crippen LogP contribution in [0.1, 0.15) is 10.6 Å². The lowest BCUT2D eigenvalue weighted by atomic mass is 10.2. The number of piperazine rings is 1. The number of rotatable bonds is 4.